The van der Waals surface area contributed by atoms with Gasteiger partial charge in [0.2, 0.25) is 0 Å². The number of hydrogen-bond donors (Lipinski definition) is 2. The van der Waals surface area contributed by atoms with Crippen molar-refractivity contribution in [3.8, 4) is 5.75 Å². The van der Waals surface area contributed by atoms with Gasteiger partial charge in [-0.1, -0.05) is 18.2 Å². The summed E-state index contributed by atoms with van der Waals surface area (Å²) in [6, 6.07) is 6.61. The standard InChI is InChI=1S/C16H25N3OS/c1-4-20-13-8-9-14-15(11-13)19-16(18-14)21-10-6-5-7-12(2)17-3/h8-9,11-12,17H,4-7,10H2,1-3H3,(H,18,19). The molecule has 1 aromatic carbocycles. The van der Waals surface area contributed by atoms with Crippen LogP contribution in [0.15, 0.2) is 23.4 Å². The lowest BCUT2D eigenvalue weighted by Crippen LogP contribution is -2.20. The summed E-state index contributed by atoms with van der Waals surface area (Å²) in [6.45, 7) is 4.90. The third kappa shape index (κ3) is 4.93. The largest absolute Gasteiger partial charge is 0.494 e. The molecule has 2 rings (SSSR count). The Morgan fingerprint density at radius 3 is 3.00 bits per heavy atom. The fourth-order valence-corrected chi connectivity index (χ4v) is 3.04. The number of fused-ring (bicyclic) bond motifs is 1. The van der Waals surface area contributed by atoms with Gasteiger partial charge in [-0.25, -0.2) is 4.98 Å². The van der Waals surface area contributed by atoms with Gasteiger partial charge in [-0.15, -0.1) is 0 Å². The number of unbranched alkanes of at least 4 members (excludes halogenated alkanes) is 1. The smallest absolute Gasteiger partial charge is 0.166 e. The molecule has 0 aliphatic heterocycles. The first-order valence-corrected chi connectivity index (χ1v) is 8.64. The summed E-state index contributed by atoms with van der Waals surface area (Å²) in [5.74, 6) is 2.00. The van der Waals surface area contributed by atoms with E-state index in [0.29, 0.717) is 12.6 Å². The van der Waals surface area contributed by atoms with Crippen molar-refractivity contribution in [3.63, 3.8) is 0 Å². The van der Waals surface area contributed by atoms with Crippen LogP contribution < -0.4 is 10.1 Å². The van der Waals surface area contributed by atoms with Gasteiger partial charge in [0.15, 0.2) is 5.16 Å². The topological polar surface area (TPSA) is 49.9 Å². The highest BCUT2D eigenvalue weighted by Gasteiger charge is 2.05. The predicted octanol–water partition coefficient (Wildman–Crippen LogP) is 3.83. The Labute approximate surface area is 131 Å². The van der Waals surface area contributed by atoms with Crippen molar-refractivity contribution in [2.24, 2.45) is 0 Å². The van der Waals surface area contributed by atoms with Crippen LogP contribution in [0.3, 0.4) is 0 Å². The highest BCUT2D eigenvalue weighted by molar-refractivity contribution is 7.99. The number of H-pyrrole nitrogens is 1. The first-order chi connectivity index (χ1) is 10.2. The van der Waals surface area contributed by atoms with Gasteiger partial charge in [0.1, 0.15) is 5.75 Å². The lowest BCUT2D eigenvalue weighted by atomic mass is 10.1. The molecule has 1 unspecified atom stereocenters. The number of benzene rings is 1. The Morgan fingerprint density at radius 1 is 1.38 bits per heavy atom. The molecule has 0 aliphatic rings. The van der Waals surface area contributed by atoms with E-state index in [1.165, 1.54) is 19.3 Å². The molecule has 4 nitrogen and oxygen atoms in total. The molecule has 1 atom stereocenters. The van der Waals surface area contributed by atoms with Crippen LogP contribution in [-0.4, -0.2) is 35.4 Å². The van der Waals surface area contributed by atoms with Crippen LogP contribution in [0.2, 0.25) is 0 Å². The lowest BCUT2D eigenvalue weighted by Gasteiger charge is -2.08. The molecule has 0 bridgehead atoms. The van der Waals surface area contributed by atoms with Crippen molar-refractivity contribution in [2.75, 3.05) is 19.4 Å². The van der Waals surface area contributed by atoms with Gasteiger partial charge in [0.25, 0.3) is 0 Å². The number of rotatable bonds is 9. The number of hydrogen-bond acceptors (Lipinski definition) is 4. The maximum absolute atomic E-state index is 5.51. The van der Waals surface area contributed by atoms with Crippen LogP contribution in [0.5, 0.6) is 5.75 Å². The van der Waals surface area contributed by atoms with Crippen molar-refractivity contribution < 1.29 is 4.74 Å². The second kappa shape index (κ2) is 8.29. The maximum Gasteiger partial charge on any atom is 0.166 e. The summed E-state index contributed by atoms with van der Waals surface area (Å²) in [7, 11) is 2.02. The fourth-order valence-electron chi connectivity index (χ4n) is 2.16. The second-order valence-corrected chi connectivity index (χ2v) is 6.27. The van der Waals surface area contributed by atoms with E-state index in [-0.39, 0.29) is 0 Å². The number of ether oxygens (including phenoxy) is 1. The van der Waals surface area contributed by atoms with Crippen LogP contribution in [0.25, 0.3) is 11.0 Å². The lowest BCUT2D eigenvalue weighted by molar-refractivity contribution is 0.340. The van der Waals surface area contributed by atoms with Crippen molar-refractivity contribution in [3.05, 3.63) is 18.2 Å². The average molecular weight is 307 g/mol. The van der Waals surface area contributed by atoms with E-state index < -0.39 is 0 Å². The summed E-state index contributed by atoms with van der Waals surface area (Å²) < 4.78 is 5.51. The number of nitrogens with one attached hydrogen (secondary N) is 2. The summed E-state index contributed by atoms with van der Waals surface area (Å²) in [6.07, 6.45) is 3.70. The van der Waals surface area contributed by atoms with Gasteiger partial charge >= 0.3 is 0 Å². The van der Waals surface area contributed by atoms with Crippen LogP contribution in [0, 0.1) is 0 Å². The molecule has 116 valence electrons. The van der Waals surface area contributed by atoms with Gasteiger partial charge in [-0.3, -0.25) is 0 Å². The number of aromatic amines is 1. The molecule has 0 spiro atoms. The zero-order valence-corrected chi connectivity index (χ0v) is 13.9. The minimum atomic E-state index is 0.609. The van der Waals surface area contributed by atoms with Gasteiger partial charge in [0, 0.05) is 17.9 Å². The molecule has 21 heavy (non-hydrogen) atoms. The Bertz CT molecular complexity index is 555. The molecule has 0 saturated heterocycles. The first kappa shape index (κ1) is 16.2. The van der Waals surface area contributed by atoms with E-state index in [0.717, 1.165) is 27.7 Å². The van der Waals surface area contributed by atoms with Crippen LogP contribution >= 0.6 is 11.8 Å². The van der Waals surface area contributed by atoms with Crippen LogP contribution in [-0.2, 0) is 0 Å². The molecule has 0 saturated carbocycles. The molecule has 0 fully saturated rings. The van der Waals surface area contributed by atoms with E-state index in [1.807, 2.05) is 32.2 Å². The SMILES string of the molecule is CCOc1ccc2nc(SCCCCC(C)NC)[nH]c2c1. The molecule has 1 heterocycles. The zero-order valence-electron chi connectivity index (χ0n) is 13.1. The summed E-state index contributed by atoms with van der Waals surface area (Å²) in [4.78, 5) is 7.97. The molecule has 2 N–H and O–H groups in total. The number of imidazole rings is 1. The van der Waals surface area contributed by atoms with E-state index in [2.05, 4.69) is 22.2 Å². The molecular weight excluding hydrogens is 282 g/mol. The number of aromatic nitrogens is 2. The summed E-state index contributed by atoms with van der Waals surface area (Å²) in [5.41, 5.74) is 2.05. The first-order valence-electron chi connectivity index (χ1n) is 7.65. The molecule has 0 amide bonds. The van der Waals surface area contributed by atoms with E-state index >= 15 is 0 Å². The minimum Gasteiger partial charge on any atom is -0.494 e. The maximum atomic E-state index is 5.51. The highest BCUT2D eigenvalue weighted by atomic mass is 32.2. The van der Waals surface area contributed by atoms with Crippen molar-refractivity contribution >= 4 is 22.8 Å². The van der Waals surface area contributed by atoms with Crippen molar-refractivity contribution in [1.29, 1.82) is 0 Å². The van der Waals surface area contributed by atoms with Gasteiger partial charge in [-0.2, -0.15) is 0 Å². The molecule has 5 heteroatoms. The number of thioether (sulfide) groups is 1. The average Bonchev–Trinajstić information content (AvgIpc) is 2.89. The molecular formula is C16H25N3OS. The third-order valence-corrected chi connectivity index (χ3v) is 4.47. The van der Waals surface area contributed by atoms with E-state index in [9.17, 15) is 0 Å². The van der Waals surface area contributed by atoms with Gasteiger partial charge < -0.3 is 15.0 Å². The molecule has 1 aromatic heterocycles. The van der Waals surface area contributed by atoms with E-state index in [1.54, 1.807) is 11.8 Å². The third-order valence-electron chi connectivity index (χ3n) is 3.51. The predicted molar refractivity (Wildman–Crippen MR) is 90.4 cm³/mol. The zero-order chi connectivity index (χ0) is 15.1. The molecule has 2 aromatic rings. The number of nitrogens with zero attached hydrogens (tertiary/aromatic N) is 1. The Balaban J connectivity index is 1.82. The quantitative estimate of drug-likeness (QED) is 0.546. The minimum absolute atomic E-state index is 0.609. The summed E-state index contributed by atoms with van der Waals surface area (Å²) in [5, 5.41) is 4.27. The van der Waals surface area contributed by atoms with Crippen LogP contribution in [0.4, 0.5) is 0 Å². The van der Waals surface area contributed by atoms with Gasteiger partial charge in [0.05, 0.1) is 17.6 Å². The Hall–Kier alpha value is -1.20. The van der Waals surface area contributed by atoms with Crippen LogP contribution in [0.1, 0.15) is 33.1 Å². The summed E-state index contributed by atoms with van der Waals surface area (Å²) >= 11 is 1.80. The van der Waals surface area contributed by atoms with Crippen molar-refractivity contribution in [2.45, 2.75) is 44.3 Å². The second-order valence-electron chi connectivity index (χ2n) is 5.19. The van der Waals surface area contributed by atoms with Gasteiger partial charge in [-0.05, 0) is 45.9 Å². The Kier molecular flexibility index (Phi) is 6.39. The van der Waals surface area contributed by atoms with E-state index in [4.69, 9.17) is 4.74 Å². The monoisotopic (exact) mass is 307 g/mol. The highest BCUT2D eigenvalue weighted by Crippen LogP contribution is 2.24. The molecule has 0 radical (unpaired) electrons. The fraction of sp³-hybridized carbons (Fsp3) is 0.562. The normalized spacial score (nSPS) is 12.7. The Morgan fingerprint density at radius 2 is 2.24 bits per heavy atom. The van der Waals surface area contributed by atoms with Crippen molar-refractivity contribution in [1.82, 2.24) is 15.3 Å². The molecule has 0 aliphatic carbocycles.